The highest BCUT2D eigenvalue weighted by Crippen LogP contribution is 2.34. The lowest BCUT2D eigenvalue weighted by atomic mass is 10.1. The summed E-state index contributed by atoms with van der Waals surface area (Å²) in [5, 5.41) is 19.9. The fraction of sp³-hybridized carbons (Fsp3) is 0.0909. The summed E-state index contributed by atoms with van der Waals surface area (Å²) >= 11 is 0. The SMILES string of the molecule is COc1ccccc1Nc1nc(Nc2cccc3ccccc23)nc(C)c1[N+](=O)[O-]. The Hall–Kier alpha value is -4.20. The molecule has 1 heterocycles. The molecule has 0 unspecified atom stereocenters. The molecule has 0 aliphatic heterocycles. The van der Waals surface area contributed by atoms with E-state index >= 15 is 0 Å². The number of aromatic nitrogens is 2. The van der Waals surface area contributed by atoms with Crippen LogP contribution in [0.5, 0.6) is 5.75 Å². The van der Waals surface area contributed by atoms with Gasteiger partial charge in [0.05, 0.1) is 17.7 Å². The van der Waals surface area contributed by atoms with Gasteiger partial charge in [0.15, 0.2) is 0 Å². The molecule has 0 fully saturated rings. The Kier molecular flexibility index (Phi) is 5.13. The lowest BCUT2D eigenvalue weighted by Gasteiger charge is -2.13. The van der Waals surface area contributed by atoms with Crippen molar-refractivity contribution in [3.8, 4) is 5.75 Å². The van der Waals surface area contributed by atoms with Gasteiger partial charge >= 0.3 is 5.69 Å². The summed E-state index contributed by atoms with van der Waals surface area (Å²) < 4.78 is 5.33. The van der Waals surface area contributed by atoms with Crippen molar-refractivity contribution in [2.24, 2.45) is 0 Å². The molecule has 150 valence electrons. The minimum Gasteiger partial charge on any atom is -0.495 e. The summed E-state index contributed by atoms with van der Waals surface area (Å²) in [5.74, 6) is 0.887. The van der Waals surface area contributed by atoms with Crippen LogP contribution in [0.3, 0.4) is 0 Å². The highest BCUT2D eigenvalue weighted by molar-refractivity contribution is 5.95. The van der Waals surface area contributed by atoms with Crippen molar-refractivity contribution in [2.45, 2.75) is 6.92 Å². The standard InChI is InChI=1S/C22H19N5O3/c1-14-20(27(28)29)21(24-18-11-5-6-13-19(18)30-2)26-22(23-14)25-17-12-7-9-15-8-3-4-10-16(15)17/h3-13H,1-2H3,(H2,23,24,25,26). The number of para-hydroxylation sites is 2. The third-order valence-electron chi connectivity index (χ3n) is 4.64. The molecule has 0 aliphatic rings. The molecule has 4 aromatic rings. The maximum Gasteiger partial charge on any atom is 0.332 e. The molecule has 2 N–H and O–H groups in total. The van der Waals surface area contributed by atoms with E-state index in [1.54, 1.807) is 25.1 Å². The highest BCUT2D eigenvalue weighted by atomic mass is 16.6. The number of rotatable bonds is 6. The van der Waals surface area contributed by atoms with Gasteiger partial charge in [-0.3, -0.25) is 10.1 Å². The fourth-order valence-corrected chi connectivity index (χ4v) is 3.26. The minimum atomic E-state index is -0.491. The van der Waals surface area contributed by atoms with E-state index < -0.39 is 4.92 Å². The van der Waals surface area contributed by atoms with E-state index in [9.17, 15) is 10.1 Å². The normalized spacial score (nSPS) is 10.6. The molecular weight excluding hydrogens is 382 g/mol. The van der Waals surface area contributed by atoms with Crippen molar-refractivity contribution in [3.05, 3.63) is 82.5 Å². The summed E-state index contributed by atoms with van der Waals surface area (Å²) in [7, 11) is 1.54. The molecule has 0 bridgehead atoms. The van der Waals surface area contributed by atoms with E-state index in [1.165, 1.54) is 7.11 Å². The van der Waals surface area contributed by atoms with Crippen LogP contribution in [0.1, 0.15) is 5.69 Å². The first kappa shape index (κ1) is 19.1. The Balaban J connectivity index is 1.77. The number of nitrogens with zero attached hydrogens (tertiary/aromatic N) is 3. The first-order valence-corrected chi connectivity index (χ1v) is 9.24. The number of anilines is 4. The van der Waals surface area contributed by atoms with E-state index in [1.807, 2.05) is 48.5 Å². The number of hydrogen-bond donors (Lipinski definition) is 2. The number of fused-ring (bicyclic) bond motifs is 1. The van der Waals surface area contributed by atoms with Crippen LogP contribution >= 0.6 is 0 Å². The smallest absolute Gasteiger partial charge is 0.332 e. The first-order chi connectivity index (χ1) is 14.6. The van der Waals surface area contributed by atoms with Gasteiger partial charge in [0.25, 0.3) is 0 Å². The Morgan fingerprint density at radius 2 is 1.60 bits per heavy atom. The van der Waals surface area contributed by atoms with Gasteiger partial charge in [-0.2, -0.15) is 4.98 Å². The molecule has 0 atom stereocenters. The van der Waals surface area contributed by atoms with Crippen molar-refractivity contribution >= 4 is 39.6 Å². The van der Waals surface area contributed by atoms with Crippen LogP contribution in [0.25, 0.3) is 10.8 Å². The summed E-state index contributed by atoms with van der Waals surface area (Å²) in [6.07, 6.45) is 0. The number of methoxy groups -OCH3 is 1. The number of hydrogen-bond acceptors (Lipinski definition) is 7. The Bertz CT molecular complexity index is 1240. The second-order valence-electron chi connectivity index (χ2n) is 6.56. The Morgan fingerprint density at radius 1 is 0.900 bits per heavy atom. The van der Waals surface area contributed by atoms with Gasteiger partial charge in [-0.1, -0.05) is 48.5 Å². The van der Waals surface area contributed by atoms with Gasteiger partial charge in [-0.25, -0.2) is 4.98 Å². The minimum absolute atomic E-state index is 0.0831. The largest absolute Gasteiger partial charge is 0.495 e. The zero-order valence-corrected chi connectivity index (χ0v) is 16.4. The Labute approximate surface area is 172 Å². The third-order valence-corrected chi connectivity index (χ3v) is 4.64. The van der Waals surface area contributed by atoms with E-state index in [-0.39, 0.29) is 23.1 Å². The maximum absolute atomic E-state index is 11.7. The van der Waals surface area contributed by atoms with E-state index in [0.29, 0.717) is 11.4 Å². The molecule has 30 heavy (non-hydrogen) atoms. The molecule has 0 aliphatic carbocycles. The molecule has 4 rings (SSSR count). The monoisotopic (exact) mass is 401 g/mol. The van der Waals surface area contributed by atoms with Gasteiger partial charge < -0.3 is 15.4 Å². The third kappa shape index (κ3) is 3.70. The average molecular weight is 401 g/mol. The highest BCUT2D eigenvalue weighted by Gasteiger charge is 2.23. The van der Waals surface area contributed by atoms with E-state index in [4.69, 9.17) is 4.74 Å². The molecular formula is C22H19N5O3. The maximum atomic E-state index is 11.7. The molecule has 1 aromatic heterocycles. The summed E-state index contributed by atoms with van der Waals surface area (Å²) in [6, 6.07) is 20.9. The lowest BCUT2D eigenvalue weighted by Crippen LogP contribution is -2.08. The van der Waals surface area contributed by atoms with Crippen LogP contribution in [-0.4, -0.2) is 22.0 Å². The van der Waals surface area contributed by atoms with Crippen LogP contribution in [0, 0.1) is 17.0 Å². The second-order valence-corrected chi connectivity index (χ2v) is 6.56. The fourth-order valence-electron chi connectivity index (χ4n) is 3.26. The lowest BCUT2D eigenvalue weighted by molar-refractivity contribution is -0.385. The van der Waals surface area contributed by atoms with Crippen LogP contribution in [0.2, 0.25) is 0 Å². The number of aryl methyl sites for hydroxylation is 1. The van der Waals surface area contributed by atoms with Crippen LogP contribution in [0.15, 0.2) is 66.7 Å². The molecule has 0 amide bonds. The number of ether oxygens (including phenoxy) is 1. The van der Waals surface area contributed by atoms with Gasteiger partial charge in [-0.05, 0) is 30.5 Å². The first-order valence-electron chi connectivity index (χ1n) is 9.24. The number of nitrogens with one attached hydrogen (secondary N) is 2. The topological polar surface area (TPSA) is 102 Å². The van der Waals surface area contributed by atoms with Gasteiger partial charge in [-0.15, -0.1) is 0 Å². The molecule has 0 saturated heterocycles. The van der Waals surface area contributed by atoms with Crippen molar-refractivity contribution < 1.29 is 9.66 Å². The van der Waals surface area contributed by atoms with Crippen LogP contribution in [-0.2, 0) is 0 Å². The van der Waals surface area contributed by atoms with Gasteiger partial charge in [0.1, 0.15) is 11.4 Å². The number of nitro groups is 1. The summed E-state index contributed by atoms with van der Waals surface area (Å²) in [6.45, 7) is 1.58. The van der Waals surface area contributed by atoms with Crippen LogP contribution < -0.4 is 15.4 Å². The van der Waals surface area contributed by atoms with Gasteiger partial charge in [0.2, 0.25) is 11.8 Å². The molecule has 0 saturated carbocycles. The zero-order valence-electron chi connectivity index (χ0n) is 16.4. The predicted molar refractivity (Wildman–Crippen MR) is 117 cm³/mol. The van der Waals surface area contributed by atoms with Crippen molar-refractivity contribution in [3.63, 3.8) is 0 Å². The molecule has 3 aromatic carbocycles. The predicted octanol–water partition coefficient (Wildman–Crippen LogP) is 5.34. The van der Waals surface area contributed by atoms with Crippen LogP contribution in [0.4, 0.5) is 28.8 Å². The molecule has 8 nitrogen and oxygen atoms in total. The van der Waals surface area contributed by atoms with Crippen molar-refractivity contribution in [1.29, 1.82) is 0 Å². The average Bonchev–Trinajstić information content (AvgIpc) is 2.74. The molecule has 8 heteroatoms. The summed E-state index contributed by atoms with van der Waals surface area (Å²) in [5.41, 5.74) is 1.43. The quantitative estimate of drug-likeness (QED) is 0.332. The Morgan fingerprint density at radius 3 is 2.40 bits per heavy atom. The zero-order chi connectivity index (χ0) is 21.1. The summed E-state index contributed by atoms with van der Waals surface area (Å²) in [4.78, 5) is 19.9. The van der Waals surface area contributed by atoms with Crippen molar-refractivity contribution in [2.75, 3.05) is 17.7 Å². The van der Waals surface area contributed by atoms with E-state index in [0.717, 1.165) is 16.5 Å². The molecule has 0 spiro atoms. The van der Waals surface area contributed by atoms with E-state index in [2.05, 4.69) is 20.6 Å². The molecule has 0 radical (unpaired) electrons. The second kappa shape index (κ2) is 8.04. The number of benzene rings is 3. The van der Waals surface area contributed by atoms with Crippen molar-refractivity contribution in [1.82, 2.24) is 9.97 Å². The van der Waals surface area contributed by atoms with Gasteiger partial charge in [0, 0.05) is 11.1 Å².